The highest BCUT2D eigenvalue weighted by molar-refractivity contribution is 5.50. The molecular formula is C16H25NO3. The smallest absolute Gasteiger partial charge is 0.124 e. The molecule has 0 unspecified atom stereocenters. The molecule has 20 heavy (non-hydrogen) atoms. The van der Waals surface area contributed by atoms with E-state index in [4.69, 9.17) is 19.9 Å². The molecule has 0 amide bonds. The zero-order valence-corrected chi connectivity index (χ0v) is 12.7. The highest BCUT2D eigenvalue weighted by atomic mass is 16.5. The molecule has 0 aromatic heterocycles. The number of hydrogen-bond acceptors (Lipinski definition) is 4. The van der Waals surface area contributed by atoms with E-state index in [0.29, 0.717) is 13.2 Å². The predicted octanol–water partition coefficient (Wildman–Crippen LogP) is 2.62. The predicted molar refractivity (Wildman–Crippen MR) is 79.5 cm³/mol. The zero-order valence-electron chi connectivity index (χ0n) is 12.7. The summed E-state index contributed by atoms with van der Waals surface area (Å²) in [6.07, 6.45) is 4.68. The van der Waals surface area contributed by atoms with Gasteiger partial charge in [0, 0.05) is 30.2 Å². The Kier molecular flexibility index (Phi) is 4.89. The van der Waals surface area contributed by atoms with Crippen LogP contribution in [0.1, 0.15) is 36.8 Å². The highest BCUT2D eigenvalue weighted by Gasteiger charge is 2.37. The molecule has 0 heterocycles. The van der Waals surface area contributed by atoms with Crippen molar-refractivity contribution in [2.24, 2.45) is 5.73 Å². The van der Waals surface area contributed by atoms with Crippen LogP contribution in [0, 0.1) is 0 Å². The van der Waals surface area contributed by atoms with Crippen molar-refractivity contribution in [2.45, 2.75) is 37.7 Å². The van der Waals surface area contributed by atoms with Crippen molar-refractivity contribution in [1.82, 2.24) is 0 Å². The maximum absolute atomic E-state index is 6.09. The summed E-state index contributed by atoms with van der Waals surface area (Å²) in [4.78, 5) is 0. The average molecular weight is 279 g/mol. The van der Waals surface area contributed by atoms with Crippen LogP contribution in [0.15, 0.2) is 12.1 Å². The van der Waals surface area contributed by atoms with Gasteiger partial charge in [0.1, 0.15) is 11.5 Å². The van der Waals surface area contributed by atoms with Gasteiger partial charge >= 0.3 is 0 Å². The summed E-state index contributed by atoms with van der Waals surface area (Å²) < 4.78 is 16.3. The Balaban J connectivity index is 2.51. The van der Waals surface area contributed by atoms with Gasteiger partial charge in [-0.15, -0.1) is 0 Å². The molecule has 1 aromatic rings. The molecule has 4 nitrogen and oxygen atoms in total. The lowest BCUT2D eigenvalue weighted by molar-refractivity contribution is 0.181. The molecule has 1 aliphatic rings. The third kappa shape index (κ3) is 2.63. The zero-order chi connectivity index (χ0) is 14.6. The van der Waals surface area contributed by atoms with E-state index < -0.39 is 0 Å². The number of nitrogens with two attached hydrogens (primary N) is 1. The standard InChI is InChI=1S/C16H25NO3/c1-18-10-12-8-15(20-3)13(9-14(12)19-2)16(11-17)6-4-5-7-16/h8-9H,4-7,10-11,17H2,1-3H3. The van der Waals surface area contributed by atoms with Gasteiger partial charge in [0.15, 0.2) is 0 Å². The van der Waals surface area contributed by atoms with Crippen molar-refractivity contribution >= 4 is 0 Å². The van der Waals surface area contributed by atoms with Crippen LogP contribution in [0.25, 0.3) is 0 Å². The Hall–Kier alpha value is -1.26. The van der Waals surface area contributed by atoms with E-state index in [1.165, 1.54) is 18.4 Å². The minimum atomic E-state index is 0.0320. The Morgan fingerprint density at radius 2 is 1.70 bits per heavy atom. The van der Waals surface area contributed by atoms with Crippen molar-refractivity contribution in [2.75, 3.05) is 27.9 Å². The van der Waals surface area contributed by atoms with Gasteiger partial charge in [-0.1, -0.05) is 12.8 Å². The second-order valence-corrected chi connectivity index (χ2v) is 5.49. The fraction of sp³-hybridized carbons (Fsp3) is 0.625. The molecule has 0 saturated heterocycles. The summed E-state index contributed by atoms with van der Waals surface area (Å²) in [6.45, 7) is 1.16. The van der Waals surface area contributed by atoms with Gasteiger partial charge in [-0.2, -0.15) is 0 Å². The molecule has 1 saturated carbocycles. The van der Waals surface area contributed by atoms with E-state index in [1.54, 1.807) is 21.3 Å². The lowest BCUT2D eigenvalue weighted by Crippen LogP contribution is -2.32. The molecule has 0 bridgehead atoms. The van der Waals surface area contributed by atoms with Gasteiger partial charge in [-0.25, -0.2) is 0 Å². The first kappa shape index (κ1) is 15.1. The van der Waals surface area contributed by atoms with Crippen molar-refractivity contribution < 1.29 is 14.2 Å². The number of methoxy groups -OCH3 is 3. The van der Waals surface area contributed by atoms with Crippen molar-refractivity contribution in [3.8, 4) is 11.5 Å². The normalized spacial score (nSPS) is 17.2. The molecular weight excluding hydrogens is 254 g/mol. The summed E-state index contributed by atoms with van der Waals surface area (Å²) in [6, 6.07) is 4.11. The Bertz CT molecular complexity index is 453. The van der Waals surface area contributed by atoms with E-state index >= 15 is 0 Å². The Morgan fingerprint density at radius 1 is 1.05 bits per heavy atom. The van der Waals surface area contributed by atoms with Crippen molar-refractivity contribution in [3.05, 3.63) is 23.3 Å². The maximum atomic E-state index is 6.09. The van der Waals surface area contributed by atoms with Crippen LogP contribution >= 0.6 is 0 Å². The molecule has 4 heteroatoms. The quantitative estimate of drug-likeness (QED) is 0.869. The van der Waals surface area contributed by atoms with Gasteiger partial charge in [0.2, 0.25) is 0 Å². The molecule has 0 radical (unpaired) electrons. The van der Waals surface area contributed by atoms with Gasteiger partial charge in [-0.3, -0.25) is 0 Å². The van der Waals surface area contributed by atoms with E-state index in [-0.39, 0.29) is 5.41 Å². The van der Waals surface area contributed by atoms with Gasteiger partial charge in [-0.05, 0) is 25.0 Å². The fourth-order valence-electron chi connectivity index (χ4n) is 3.28. The van der Waals surface area contributed by atoms with E-state index in [2.05, 4.69) is 6.07 Å². The number of hydrogen-bond donors (Lipinski definition) is 1. The summed E-state index contributed by atoms with van der Waals surface area (Å²) in [5.41, 5.74) is 8.30. The van der Waals surface area contributed by atoms with E-state index in [1.807, 2.05) is 6.07 Å². The lowest BCUT2D eigenvalue weighted by atomic mass is 9.78. The Labute approximate surface area is 121 Å². The van der Waals surface area contributed by atoms with Crippen molar-refractivity contribution in [1.29, 1.82) is 0 Å². The average Bonchev–Trinajstić information content (AvgIpc) is 2.97. The van der Waals surface area contributed by atoms with Crippen LogP contribution in [0.3, 0.4) is 0 Å². The topological polar surface area (TPSA) is 53.7 Å². The lowest BCUT2D eigenvalue weighted by Gasteiger charge is -2.30. The summed E-state index contributed by atoms with van der Waals surface area (Å²) in [5, 5.41) is 0. The van der Waals surface area contributed by atoms with Crippen LogP contribution < -0.4 is 15.2 Å². The summed E-state index contributed by atoms with van der Waals surface area (Å²) in [7, 11) is 5.08. The first-order valence-electron chi connectivity index (χ1n) is 7.15. The third-order valence-corrected chi connectivity index (χ3v) is 4.43. The van der Waals surface area contributed by atoms with Crippen LogP contribution in [0.5, 0.6) is 11.5 Å². The second-order valence-electron chi connectivity index (χ2n) is 5.49. The monoisotopic (exact) mass is 279 g/mol. The van der Waals surface area contributed by atoms with Crippen molar-refractivity contribution in [3.63, 3.8) is 0 Å². The van der Waals surface area contributed by atoms with Gasteiger partial charge in [0.25, 0.3) is 0 Å². The molecule has 2 N–H and O–H groups in total. The van der Waals surface area contributed by atoms with Crippen LogP contribution in [-0.4, -0.2) is 27.9 Å². The van der Waals surface area contributed by atoms with Crippen LogP contribution in [0.4, 0.5) is 0 Å². The molecule has 1 fully saturated rings. The molecule has 112 valence electrons. The second kappa shape index (κ2) is 6.46. The third-order valence-electron chi connectivity index (χ3n) is 4.43. The first-order chi connectivity index (χ1) is 9.70. The van der Waals surface area contributed by atoms with Gasteiger partial charge in [0.05, 0.1) is 20.8 Å². The SMILES string of the molecule is COCc1cc(OC)c(C2(CN)CCCC2)cc1OC. The number of rotatable bonds is 6. The first-order valence-corrected chi connectivity index (χ1v) is 7.15. The minimum Gasteiger partial charge on any atom is -0.496 e. The summed E-state index contributed by atoms with van der Waals surface area (Å²) >= 11 is 0. The molecule has 0 atom stereocenters. The van der Waals surface area contributed by atoms with Crippen LogP contribution in [-0.2, 0) is 16.8 Å². The highest BCUT2D eigenvalue weighted by Crippen LogP contribution is 2.46. The van der Waals surface area contributed by atoms with E-state index in [0.717, 1.165) is 29.9 Å². The molecule has 0 aliphatic heterocycles. The molecule has 0 spiro atoms. The maximum Gasteiger partial charge on any atom is 0.124 e. The number of ether oxygens (including phenoxy) is 3. The molecule has 1 aliphatic carbocycles. The van der Waals surface area contributed by atoms with E-state index in [9.17, 15) is 0 Å². The Morgan fingerprint density at radius 3 is 2.20 bits per heavy atom. The fourth-order valence-corrected chi connectivity index (χ4v) is 3.28. The molecule has 1 aromatic carbocycles. The molecule has 2 rings (SSSR count). The largest absolute Gasteiger partial charge is 0.496 e. The van der Waals surface area contributed by atoms with Gasteiger partial charge < -0.3 is 19.9 Å². The van der Waals surface area contributed by atoms with Crippen LogP contribution in [0.2, 0.25) is 0 Å². The minimum absolute atomic E-state index is 0.0320. The summed E-state index contributed by atoms with van der Waals surface area (Å²) in [5.74, 6) is 1.74. The number of benzene rings is 1.